The molecule has 0 N–H and O–H groups in total. The number of rotatable bonds is 0. The van der Waals surface area contributed by atoms with Crippen molar-refractivity contribution in [3.8, 4) is 0 Å². The maximum Gasteiger partial charge on any atom is 1.00 e. The fourth-order valence-electron chi connectivity index (χ4n) is 0. The first-order chi connectivity index (χ1) is 1.73. The smallest absolute Gasteiger partial charge is 1.00 e. The first kappa shape index (κ1) is 9.64. The third-order valence-corrected chi connectivity index (χ3v) is 0. The first-order valence-corrected chi connectivity index (χ1v) is 1.97. The third-order valence-electron chi connectivity index (χ3n) is 0. The van der Waals surface area contributed by atoms with E-state index in [-0.39, 0.29) is 34.8 Å². The third kappa shape index (κ3) is 31.8. The molecule has 0 saturated carbocycles. The van der Waals surface area contributed by atoms with Crippen LogP contribution in [0.1, 0.15) is 8.35 Å². The Morgan fingerprint density at radius 3 is 2.00 bits per heavy atom. The Hall–Kier alpha value is 1.40. The minimum atomic E-state index is 0. The van der Waals surface area contributed by atoms with Gasteiger partial charge in [-0.15, -0.1) is 0 Å². The molecule has 0 rings (SSSR count). The fraction of sp³-hybridized carbons (Fsp3) is 0.500. The van der Waals surface area contributed by atoms with Crippen molar-refractivity contribution in [2.24, 2.45) is 0 Å². The van der Waals surface area contributed by atoms with Gasteiger partial charge in [-0.3, -0.25) is 4.79 Å². The van der Waals surface area contributed by atoms with Crippen molar-refractivity contribution >= 4 is 26.4 Å². The summed E-state index contributed by atoms with van der Waals surface area (Å²) in [6.07, 6.45) is 0. The van der Waals surface area contributed by atoms with E-state index in [1.807, 2.05) is 0 Å². The van der Waals surface area contributed by atoms with E-state index in [9.17, 15) is 4.79 Å². The summed E-state index contributed by atoms with van der Waals surface area (Å²) in [4.78, 5) is 9.43. The molecule has 0 aliphatic rings. The molecule has 0 aliphatic heterocycles. The van der Waals surface area contributed by atoms with Crippen LogP contribution in [0.2, 0.25) is 0 Å². The summed E-state index contributed by atoms with van der Waals surface area (Å²) >= 11 is 1.70. The summed E-state index contributed by atoms with van der Waals surface area (Å²) in [5.74, 6) is 0. The summed E-state index contributed by atoms with van der Waals surface area (Å²) in [6, 6.07) is 0. The molecule has 0 aliphatic carbocycles. The van der Waals surface area contributed by atoms with Crippen molar-refractivity contribution < 1.29 is 35.8 Å². The molecule has 0 saturated heterocycles. The molecule has 0 spiro atoms. The number of carbonyl (C=O) groups excluding carboxylic acids is 1. The Labute approximate surface area is 68.4 Å². The minimum absolute atomic E-state index is 0. The second kappa shape index (κ2) is 5.40. The van der Waals surface area contributed by atoms with Crippen LogP contribution >= 0.6 is 22.6 Å². The number of halogens is 1. The van der Waals surface area contributed by atoms with Gasteiger partial charge in [0.2, 0.25) is 0 Å². The van der Waals surface area contributed by atoms with Crippen LogP contribution in [0.5, 0.6) is 0 Å². The van der Waals surface area contributed by atoms with Gasteiger partial charge in [-0.05, 0) is 22.6 Å². The van der Waals surface area contributed by atoms with Crippen LogP contribution in [0.4, 0.5) is 0 Å². The van der Waals surface area contributed by atoms with Gasteiger partial charge in [0.05, 0.1) is 0 Å². The molecule has 3 heteroatoms. The molecule has 0 aromatic rings. The van der Waals surface area contributed by atoms with E-state index in [0.29, 0.717) is 0 Å². The van der Waals surface area contributed by atoms with Crippen molar-refractivity contribution in [1.29, 1.82) is 0 Å². The van der Waals surface area contributed by atoms with E-state index >= 15 is 0 Å². The summed E-state index contributed by atoms with van der Waals surface area (Å²) < 4.78 is 0.137. The van der Waals surface area contributed by atoms with Crippen molar-refractivity contribution in [1.82, 2.24) is 0 Å². The maximum absolute atomic E-state index is 9.43. The second-order valence-electron chi connectivity index (χ2n) is 0.470. The Bertz CT molecular complexity index is 36.5. The topological polar surface area (TPSA) is 17.1 Å². The zero-order chi connectivity index (χ0) is 3.58. The van der Waals surface area contributed by atoms with Crippen LogP contribution in [0.3, 0.4) is 0 Å². The first-order valence-electron chi connectivity index (χ1n) is 0.893. The van der Waals surface area contributed by atoms with Crippen molar-refractivity contribution in [2.75, 3.05) is 0 Å². The number of hydrogen-bond donors (Lipinski definition) is 0. The molecule has 26 valence electrons. The second-order valence-corrected chi connectivity index (χ2v) is 1.99. The molecule has 0 unspecified atom stereocenters. The van der Waals surface area contributed by atoms with E-state index in [1.165, 1.54) is 6.92 Å². The molecule has 0 amide bonds. The van der Waals surface area contributed by atoms with Gasteiger partial charge in [-0.25, -0.2) is 0 Å². The van der Waals surface area contributed by atoms with Gasteiger partial charge in [-0.1, -0.05) is 0 Å². The van der Waals surface area contributed by atoms with E-state index in [1.54, 1.807) is 22.6 Å². The summed E-state index contributed by atoms with van der Waals surface area (Å²) in [6.45, 7) is 1.51. The van der Waals surface area contributed by atoms with Gasteiger partial charge in [-0.2, -0.15) is 0 Å². The van der Waals surface area contributed by atoms with E-state index in [0.717, 1.165) is 0 Å². The Balaban J connectivity index is -0.0000000450. The summed E-state index contributed by atoms with van der Waals surface area (Å²) in [5.41, 5.74) is 0. The van der Waals surface area contributed by atoms with Gasteiger partial charge in [0.25, 0.3) is 0 Å². The van der Waals surface area contributed by atoms with Crippen LogP contribution < -0.4 is 29.6 Å². The van der Waals surface area contributed by atoms with Crippen molar-refractivity contribution in [3.05, 3.63) is 0 Å². The molecule has 0 aromatic heterocycles. The van der Waals surface area contributed by atoms with Crippen molar-refractivity contribution in [2.45, 2.75) is 6.92 Å². The Morgan fingerprint density at radius 1 is 2.00 bits per heavy atom. The Morgan fingerprint density at radius 2 is 2.00 bits per heavy atom. The Kier molecular flexibility index (Phi) is 10.4. The molecule has 0 fully saturated rings. The normalized spacial score (nSPS) is 5.20. The van der Waals surface area contributed by atoms with Crippen LogP contribution in [0.25, 0.3) is 0 Å². The van der Waals surface area contributed by atoms with E-state index in [4.69, 9.17) is 0 Å². The standard InChI is InChI=1S/C2H3IO.Na.H/c1-2(3)4;;/h1H3;;/q;+1;-1. The quantitative estimate of drug-likeness (QED) is 0.249. The van der Waals surface area contributed by atoms with Crippen molar-refractivity contribution in [3.63, 3.8) is 0 Å². The molecule has 0 atom stereocenters. The average molecular weight is 194 g/mol. The van der Waals surface area contributed by atoms with Crippen LogP contribution in [-0.4, -0.2) is 3.79 Å². The fourth-order valence-corrected chi connectivity index (χ4v) is 0. The molecular formula is C2H4INaO. The van der Waals surface area contributed by atoms with Gasteiger partial charge in [0.1, 0.15) is 0 Å². The monoisotopic (exact) mass is 194 g/mol. The van der Waals surface area contributed by atoms with E-state index < -0.39 is 0 Å². The molecule has 0 bridgehead atoms. The largest absolute Gasteiger partial charge is 1.00 e. The number of hydrogen-bond acceptors (Lipinski definition) is 1. The van der Waals surface area contributed by atoms with Gasteiger partial charge in [0, 0.05) is 6.92 Å². The number of carbonyl (C=O) groups is 1. The zero-order valence-electron chi connectivity index (χ0n) is 4.29. The minimum Gasteiger partial charge on any atom is -1.00 e. The predicted octanol–water partition coefficient (Wildman–Crippen LogP) is -1.92. The van der Waals surface area contributed by atoms with Gasteiger partial charge in [0.15, 0.2) is 3.79 Å². The summed E-state index contributed by atoms with van der Waals surface area (Å²) in [5, 5.41) is 0. The van der Waals surface area contributed by atoms with Gasteiger partial charge < -0.3 is 1.43 Å². The van der Waals surface area contributed by atoms with Crippen LogP contribution in [0.15, 0.2) is 0 Å². The summed E-state index contributed by atoms with van der Waals surface area (Å²) in [7, 11) is 0. The van der Waals surface area contributed by atoms with Crippen LogP contribution in [-0.2, 0) is 4.79 Å². The van der Waals surface area contributed by atoms with Gasteiger partial charge >= 0.3 is 29.6 Å². The SMILES string of the molecule is CC(=O)I.[H-].[Na+]. The molecule has 0 heterocycles. The average Bonchev–Trinajstić information content (AvgIpc) is 0.811. The van der Waals surface area contributed by atoms with E-state index in [2.05, 4.69) is 0 Å². The predicted molar refractivity (Wildman–Crippen MR) is 25.8 cm³/mol. The molecular weight excluding hydrogens is 190 g/mol. The zero-order valence-corrected chi connectivity index (χ0v) is 7.44. The molecule has 0 radical (unpaired) electrons. The molecule has 5 heavy (non-hydrogen) atoms. The molecule has 0 aromatic carbocycles. The van der Waals surface area contributed by atoms with Crippen LogP contribution in [0, 0.1) is 0 Å². The maximum atomic E-state index is 9.43. The molecule has 1 nitrogen and oxygen atoms in total.